The molecule has 3 rings (SSSR count). The molecule has 1 heterocycles. The van der Waals surface area contributed by atoms with Crippen LogP contribution in [-0.4, -0.2) is 12.5 Å². The van der Waals surface area contributed by atoms with Crippen molar-refractivity contribution < 1.29 is 13.9 Å². The monoisotopic (exact) mass is 337 g/mol. The highest BCUT2D eigenvalue weighted by molar-refractivity contribution is 6.07. The highest BCUT2D eigenvalue weighted by Gasteiger charge is 2.18. The molecule has 0 unspecified atom stereocenters. The lowest BCUT2D eigenvalue weighted by molar-refractivity contribution is 0.0951. The van der Waals surface area contributed by atoms with E-state index in [1.807, 2.05) is 55.5 Å². The van der Waals surface area contributed by atoms with Crippen LogP contribution in [0, 0.1) is 6.92 Å². The number of carbonyl (C=O) groups is 1. The summed E-state index contributed by atoms with van der Waals surface area (Å²) in [7, 11) is 0. The molecule has 1 N–H and O–H groups in total. The number of amides is 1. The van der Waals surface area contributed by atoms with Gasteiger partial charge in [-0.15, -0.1) is 0 Å². The molecule has 0 aliphatic rings. The molecule has 4 heteroatoms. The van der Waals surface area contributed by atoms with Crippen molar-refractivity contribution in [2.75, 3.05) is 6.61 Å². The van der Waals surface area contributed by atoms with E-state index in [2.05, 4.69) is 12.2 Å². The van der Waals surface area contributed by atoms with Crippen molar-refractivity contribution in [3.8, 4) is 5.75 Å². The first-order valence-corrected chi connectivity index (χ1v) is 8.67. The van der Waals surface area contributed by atoms with E-state index in [1.54, 1.807) is 0 Å². The number of hydrogen-bond donors (Lipinski definition) is 1. The molecule has 0 atom stereocenters. The maximum atomic E-state index is 12.7. The Kier molecular flexibility index (Phi) is 5.39. The summed E-state index contributed by atoms with van der Waals surface area (Å²) in [6.07, 6.45) is 2.09. The molecule has 0 fully saturated rings. The van der Waals surface area contributed by atoms with Gasteiger partial charge < -0.3 is 14.5 Å². The van der Waals surface area contributed by atoms with Crippen molar-refractivity contribution >= 4 is 16.9 Å². The number of fused-ring (bicyclic) bond motifs is 1. The number of furan rings is 1. The van der Waals surface area contributed by atoms with Crippen molar-refractivity contribution in [1.82, 2.24) is 5.32 Å². The third-order valence-electron chi connectivity index (χ3n) is 4.13. The molecule has 4 nitrogen and oxygen atoms in total. The quantitative estimate of drug-likeness (QED) is 0.627. The van der Waals surface area contributed by atoms with Gasteiger partial charge in [0.2, 0.25) is 0 Å². The van der Waals surface area contributed by atoms with E-state index in [-0.39, 0.29) is 5.91 Å². The second-order valence-electron chi connectivity index (χ2n) is 6.06. The van der Waals surface area contributed by atoms with Crippen LogP contribution in [0.2, 0.25) is 0 Å². The molecule has 0 aliphatic carbocycles. The molecule has 2 aromatic carbocycles. The Hall–Kier alpha value is -2.75. The van der Waals surface area contributed by atoms with Crippen LogP contribution in [0.25, 0.3) is 11.0 Å². The van der Waals surface area contributed by atoms with E-state index >= 15 is 0 Å². The van der Waals surface area contributed by atoms with E-state index in [4.69, 9.17) is 9.15 Å². The summed E-state index contributed by atoms with van der Waals surface area (Å²) in [5.41, 5.74) is 2.34. The molecule has 0 saturated heterocycles. The predicted molar refractivity (Wildman–Crippen MR) is 99.0 cm³/mol. The maximum Gasteiger partial charge on any atom is 0.255 e. The van der Waals surface area contributed by atoms with Crippen LogP contribution >= 0.6 is 0 Å². The van der Waals surface area contributed by atoms with Gasteiger partial charge >= 0.3 is 0 Å². The van der Waals surface area contributed by atoms with Crippen molar-refractivity contribution in [1.29, 1.82) is 0 Å². The van der Waals surface area contributed by atoms with E-state index in [0.717, 1.165) is 29.5 Å². The lowest BCUT2D eigenvalue weighted by Crippen LogP contribution is -2.23. The Morgan fingerprint density at radius 3 is 2.72 bits per heavy atom. The summed E-state index contributed by atoms with van der Waals surface area (Å²) < 4.78 is 11.5. The number of benzene rings is 2. The summed E-state index contributed by atoms with van der Waals surface area (Å²) >= 11 is 0. The molecule has 0 spiro atoms. The molecular weight excluding hydrogens is 314 g/mol. The Bertz CT molecular complexity index is 852. The minimum Gasteiger partial charge on any atom is -0.494 e. The van der Waals surface area contributed by atoms with Gasteiger partial charge in [-0.05, 0) is 37.1 Å². The SMILES string of the molecule is CCCCOc1ccc2oc(C)c(C(=O)NCc3ccccc3)c2c1. The lowest BCUT2D eigenvalue weighted by Gasteiger charge is -2.07. The molecule has 130 valence electrons. The summed E-state index contributed by atoms with van der Waals surface area (Å²) in [5, 5.41) is 3.76. The zero-order valence-corrected chi connectivity index (χ0v) is 14.7. The Morgan fingerprint density at radius 2 is 1.96 bits per heavy atom. The van der Waals surface area contributed by atoms with Gasteiger partial charge in [0.05, 0.1) is 12.2 Å². The molecule has 0 aliphatic heterocycles. The first-order valence-electron chi connectivity index (χ1n) is 8.67. The fourth-order valence-corrected chi connectivity index (χ4v) is 2.77. The lowest BCUT2D eigenvalue weighted by atomic mass is 10.1. The molecule has 1 aromatic heterocycles. The van der Waals surface area contributed by atoms with Crippen LogP contribution in [0.4, 0.5) is 0 Å². The average molecular weight is 337 g/mol. The molecule has 0 radical (unpaired) electrons. The average Bonchev–Trinajstić information content (AvgIpc) is 2.96. The largest absolute Gasteiger partial charge is 0.494 e. The predicted octanol–water partition coefficient (Wildman–Crippen LogP) is 4.85. The normalized spacial score (nSPS) is 10.8. The topological polar surface area (TPSA) is 51.5 Å². The van der Waals surface area contributed by atoms with Gasteiger partial charge in [-0.2, -0.15) is 0 Å². The summed E-state index contributed by atoms with van der Waals surface area (Å²) in [6.45, 7) is 5.10. The number of aryl methyl sites for hydroxylation is 1. The zero-order chi connectivity index (χ0) is 17.6. The Labute approximate surface area is 147 Å². The number of ether oxygens (including phenoxy) is 1. The number of hydrogen-bond acceptors (Lipinski definition) is 3. The van der Waals surface area contributed by atoms with Gasteiger partial charge in [-0.25, -0.2) is 0 Å². The van der Waals surface area contributed by atoms with E-state index in [0.29, 0.717) is 30.1 Å². The highest BCUT2D eigenvalue weighted by atomic mass is 16.5. The highest BCUT2D eigenvalue weighted by Crippen LogP contribution is 2.29. The fourth-order valence-electron chi connectivity index (χ4n) is 2.77. The van der Waals surface area contributed by atoms with Crippen molar-refractivity contribution in [2.24, 2.45) is 0 Å². The summed E-state index contributed by atoms with van der Waals surface area (Å²) in [5.74, 6) is 1.25. The summed E-state index contributed by atoms with van der Waals surface area (Å²) in [6, 6.07) is 15.5. The smallest absolute Gasteiger partial charge is 0.255 e. The minimum atomic E-state index is -0.134. The third-order valence-corrected chi connectivity index (χ3v) is 4.13. The van der Waals surface area contributed by atoms with Crippen LogP contribution in [0.5, 0.6) is 5.75 Å². The number of carbonyl (C=O) groups excluding carboxylic acids is 1. The van der Waals surface area contributed by atoms with Crippen LogP contribution in [0.15, 0.2) is 52.9 Å². The molecule has 3 aromatic rings. The number of unbranched alkanes of at least 4 members (excludes halogenated alkanes) is 1. The second-order valence-corrected chi connectivity index (χ2v) is 6.06. The van der Waals surface area contributed by atoms with Crippen molar-refractivity contribution in [3.05, 3.63) is 65.4 Å². The first-order chi connectivity index (χ1) is 12.2. The van der Waals surface area contributed by atoms with Gasteiger partial charge in [-0.1, -0.05) is 43.7 Å². The summed E-state index contributed by atoms with van der Waals surface area (Å²) in [4.78, 5) is 12.7. The fraction of sp³-hybridized carbons (Fsp3) is 0.286. The molecule has 0 saturated carbocycles. The van der Waals surface area contributed by atoms with E-state index in [1.165, 1.54) is 0 Å². The van der Waals surface area contributed by atoms with E-state index < -0.39 is 0 Å². The number of rotatable bonds is 7. The van der Waals surface area contributed by atoms with Crippen LogP contribution in [0.1, 0.15) is 41.4 Å². The van der Waals surface area contributed by atoms with Gasteiger partial charge in [0, 0.05) is 11.9 Å². The van der Waals surface area contributed by atoms with Crippen molar-refractivity contribution in [2.45, 2.75) is 33.2 Å². The van der Waals surface area contributed by atoms with Gasteiger partial charge in [0.1, 0.15) is 17.1 Å². The molecule has 0 bridgehead atoms. The Morgan fingerprint density at radius 1 is 1.16 bits per heavy atom. The van der Waals surface area contributed by atoms with Gasteiger partial charge in [-0.3, -0.25) is 4.79 Å². The number of nitrogens with one attached hydrogen (secondary N) is 1. The van der Waals surface area contributed by atoms with Gasteiger partial charge in [0.15, 0.2) is 0 Å². The first kappa shape index (κ1) is 17.1. The molecule has 1 amide bonds. The second kappa shape index (κ2) is 7.88. The van der Waals surface area contributed by atoms with Crippen LogP contribution < -0.4 is 10.1 Å². The van der Waals surface area contributed by atoms with Crippen LogP contribution in [-0.2, 0) is 6.54 Å². The zero-order valence-electron chi connectivity index (χ0n) is 14.7. The van der Waals surface area contributed by atoms with Crippen molar-refractivity contribution in [3.63, 3.8) is 0 Å². The third kappa shape index (κ3) is 4.02. The molecule has 25 heavy (non-hydrogen) atoms. The maximum absolute atomic E-state index is 12.7. The molecular formula is C21H23NO3. The van der Waals surface area contributed by atoms with E-state index in [9.17, 15) is 4.79 Å². The van der Waals surface area contributed by atoms with Gasteiger partial charge in [0.25, 0.3) is 5.91 Å². The standard InChI is InChI=1S/C21H23NO3/c1-3-4-12-24-17-10-11-19-18(13-17)20(15(2)25-19)21(23)22-14-16-8-6-5-7-9-16/h5-11,13H,3-4,12,14H2,1-2H3,(H,22,23). The Balaban J connectivity index is 1.80. The minimum absolute atomic E-state index is 0.134. The van der Waals surface area contributed by atoms with Crippen LogP contribution in [0.3, 0.4) is 0 Å².